The van der Waals surface area contributed by atoms with E-state index < -0.39 is 0 Å². The average Bonchev–Trinajstić information content (AvgIpc) is 2.64. The lowest BCUT2D eigenvalue weighted by Gasteiger charge is -2.11. The standard InChI is InChI=1S/C18H21NO5/c1-21-14-7-9-15(10-8-14)24-13-18(20)19-11-12-23-17-6-4-3-5-16(17)22-2/h3-10H,11-13H2,1-2H3,(H,19,20). The zero-order chi connectivity index (χ0) is 17.2. The molecule has 0 radical (unpaired) electrons. The monoisotopic (exact) mass is 331 g/mol. The van der Waals surface area contributed by atoms with Crippen LogP contribution in [0.25, 0.3) is 0 Å². The minimum absolute atomic E-state index is 0.0546. The predicted molar refractivity (Wildman–Crippen MR) is 90.0 cm³/mol. The summed E-state index contributed by atoms with van der Waals surface area (Å²) in [4.78, 5) is 11.7. The van der Waals surface area contributed by atoms with Gasteiger partial charge in [0, 0.05) is 0 Å². The maximum atomic E-state index is 11.7. The molecule has 0 fully saturated rings. The third kappa shape index (κ3) is 5.39. The van der Waals surface area contributed by atoms with Gasteiger partial charge in [-0.2, -0.15) is 0 Å². The molecule has 1 N–H and O–H groups in total. The number of ether oxygens (including phenoxy) is 4. The lowest BCUT2D eigenvalue weighted by Crippen LogP contribution is -2.32. The predicted octanol–water partition coefficient (Wildman–Crippen LogP) is 2.28. The maximum absolute atomic E-state index is 11.7. The first-order chi connectivity index (χ1) is 11.7. The van der Waals surface area contributed by atoms with Gasteiger partial charge in [0.1, 0.15) is 18.1 Å². The van der Waals surface area contributed by atoms with Gasteiger partial charge in [-0.05, 0) is 36.4 Å². The molecule has 0 unspecified atom stereocenters. The normalized spacial score (nSPS) is 9.92. The van der Waals surface area contributed by atoms with E-state index in [-0.39, 0.29) is 12.5 Å². The number of para-hydroxylation sites is 2. The van der Waals surface area contributed by atoms with Crippen molar-refractivity contribution in [2.45, 2.75) is 0 Å². The average molecular weight is 331 g/mol. The second-order valence-electron chi connectivity index (χ2n) is 4.81. The Balaban J connectivity index is 1.66. The Hall–Kier alpha value is -2.89. The Morgan fingerprint density at radius 2 is 1.54 bits per heavy atom. The van der Waals surface area contributed by atoms with Crippen LogP contribution in [0.3, 0.4) is 0 Å². The molecule has 0 aliphatic heterocycles. The Morgan fingerprint density at radius 1 is 0.875 bits per heavy atom. The van der Waals surface area contributed by atoms with E-state index in [1.807, 2.05) is 24.3 Å². The Kier molecular flexibility index (Phi) is 6.76. The number of methoxy groups -OCH3 is 2. The molecule has 0 atom stereocenters. The van der Waals surface area contributed by atoms with E-state index in [9.17, 15) is 4.79 Å². The third-order valence-electron chi connectivity index (χ3n) is 3.18. The largest absolute Gasteiger partial charge is 0.497 e. The second-order valence-corrected chi connectivity index (χ2v) is 4.81. The zero-order valence-electron chi connectivity index (χ0n) is 13.8. The van der Waals surface area contributed by atoms with E-state index in [2.05, 4.69) is 5.32 Å². The van der Waals surface area contributed by atoms with E-state index >= 15 is 0 Å². The molecule has 0 aliphatic rings. The van der Waals surface area contributed by atoms with E-state index in [1.165, 1.54) is 0 Å². The van der Waals surface area contributed by atoms with Gasteiger partial charge in [0.15, 0.2) is 18.1 Å². The van der Waals surface area contributed by atoms with Crippen molar-refractivity contribution in [1.82, 2.24) is 5.32 Å². The quantitative estimate of drug-likeness (QED) is 0.714. The van der Waals surface area contributed by atoms with Crippen molar-refractivity contribution < 1.29 is 23.7 Å². The fourth-order valence-corrected chi connectivity index (χ4v) is 1.96. The van der Waals surface area contributed by atoms with Gasteiger partial charge in [-0.15, -0.1) is 0 Å². The number of benzene rings is 2. The van der Waals surface area contributed by atoms with Crippen LogP contribution in [0.2, 0.25) is 0 Å². The molecule has 128 valence electrons. The van der Waals surface area contributed by atoms with Crippen molar-refractivity contribution >= 4 is 5.91 Å². The van der Waals surface area contributed by atoms with Gasteiger partial charge in [0.05, 0.1) is 20.8 Å². The zero-order valence-corrected chi connectivity index (χ0v) is 13.8. The highest BCUT2D eigenvalue weighted by atomic mass is 16.5. The Bertz CT molecular complexity index is 642. The van der Waals surface area contributed by atoms with Crippen LogP contribution in [0.4, 0.5) is 0 Å². The van der Waals surface area contributed by atoms with Gasteiger partial charge in [-0.25, -0.2) is 0 Å². The van der Waals surface area contributed by atoms with Gasteiger partial charge >= 0.3 is 0 Å². The molecule has 24 heavy (non-hydrogen) atoms. The van der Waals surface area contributed by atoms with Crippen molar-refractivity contribution in [3.63, 3.8) is 0 Å². The summed E-state index contributed by atoms with van der Waals surface area (Å²) in [5.74, 6) is 2.43. The lowest BCUT2D eigenvalue weighted by atomic mass is 10.3. The Labute approximate surface area is 141 Å². The molecular weight excluding hydrogens is 310 g/mol. The van der Waals surface area contributed by atoms with Crippen molar-refractivity contribution in [3.05, 3.63) is 48.5 Å². The van der Waals surface area contributed by atoms with Crippen LogP contribution in [-0.4, -0.2) is 39.9 Å². The molecule has 6 heteroatoms. The number of carbonyl (C=O) groups is 1. The smallest absolute Gasteiger partial charge is 0.258 e. The van der Waals surface area contributed by atoms with Crippen LogP contribution in [0, 0.1) is 0 Å². The molecule has 0 heterocycles. The minimum Gasteiger partial charge on any atom is -0.497 e. The topological polar surface area (TPSA) is 66.0 Å². The van der Waals surface area contributed by atoms with Gasteiger partial charge in [-0.1, -0.05) is 12.1 Å². The van der Waals surface area contributed by atoms with Crippen LogP contribution in [-0.2, 0) is 4.79 Å². The summed E-state index contributed by atoms with van der Waals surface area (Å²) in [6, 6.07) is 14.4. The second kappa shape index (κ2) is 9.29. The van der Waals surface area contributed by atoms with Crippen LogP contribution in [0.15, 0.2) is 48.5 Å². The van der Waals surface area contributed by atoms with E-state index in [0.29, 0.717) is 30.4 Å². The molecule has 6 nitrogen and oxygen atoms in total. The first-order valence-electron chi connectivity index (χ1n) is 7.52. The summed E-state index contributed by atoms with van der Waals surface area (Å²) in [6.45, 7) is 0.665. The first-order valence-corrected chi connectivity index (χ1v) is 7.52. The Morgan fingerprint density at radius 3 is 2.21 bits per heavy atom. The number of carbonyl (C=O) groups excluding carboxylic acids is 1. The number of hydrogen-bond donors (Lipinski definition) is 1. The summed E-state index contributed by atoms with van der Waals surface area (Å²) in [6.07, 6.45) is 0. The summed E-state index contributed by atoms with van der Waals surface area (Å²) in [7, 11) is 3.18. The third-order valence-corrected chi connectivity index (χ3v) is 3.18. The summed E-state index contributed by atoms with van der Waals surface area (Å²) in [5, 5.41) is 2.73. The first kappa shape index (κ1) is 17.5. The number of hydrogen-bond acceptors (Lipinski definition) is 5. The van der Waals surface area contributed by atoms with E-state index in [0.717, 1.165) is 5.75 Å². The minimum atomic E-state index is -0.213. The molecular formula is C18H21NO5. The molecule has 2 aromatic carbocycles. The van der Waals surface area contributed by atoms with Crippen molar-refractivity contribution in [1.29, 1.82) is 0 Å². The summed E-state index contributed by atoms with van der Waals surface area (Å²) >= 11 is 0. The van der Waals surface area contributed by atoms with Gasteiger partial charge in [0.25, 0.3) is 5.91 Å². The molecule has 1 amide bonds. The SMILES string of the molecule is COc1ccc(OCC(=O)NCCOc2ccccc2OC)cc1. The summed E-state index contributed by atoms with van der Waals surface area (Å²) in [5.41, 5.74) is 0. The molecule has 0 saturated heterocycles. The molecule has 0 aromatic heterocycles. The van der Waals surface area contributed by atoms with Gasteiger partial charge in [-0.3, -0.25) is 4.79 Å². The number of rotatable bonds is 9. The molecule has 0 saturated carbocycles. The molecule has 0 bridgehead atoms. The van der Waals surface area contributed by atoms with Crippen LogP contribution in [0.5, 0.6) is 23.0 Å². The van der Waals surface area contributed by atoms with Crippen LogP contribution >= 0.6 is 0 Å². The maximum Gasteiger partial charge on any atom is 0.258 e. The fraction of sp³-hybridized carbons (Fsp3) is 0.278. The van der Waals surface area contributed by atoms with Crippen molar-refractivity contribution in [2.75, 3.05) is 34.0 Å². The van der Waals surface area contributed by atoms with Crippen molar-refractivity contribution in [3.8, 4) is 23.0 Å². The molecule has 0 spiro atoms. The van der Waals surface area contributed by atoms with Gasteiger partial charge in [0.2, 0.25) is 0 Å². The fourth-order valence-electron chi connectivity index (χ4n) is 1.96. The highest BCUT2D eigenvalue weighted by molar-refractivity contribution is 5.77. The van der Waals surface area contributed by atoms with E-state index in [1.54, 1.807) is 38.5 Å². The van der Waals surface area contributed by atoms with Gasteiger partial charge < -0.3 is 24.3 Å². The molecule has 0 aliphatic carbocycles. The number of nitrogens with one attached hydrogen (secondary N) is 1. The van der Waals surface area contributed by atoms with Crippen molar-refractivity contribution in [2.24, 2.45) is 0 Å². The molecule has 2 rings (SSSR count). The van der Waals surface area contributed by atoms with Crippen LogP contribution < -0.4 is 24.3 Å². The summed E-state index contributed by atoms with van der Waals surface area (Å²) < 4.78 is 21.2. The highest BCUT2D eigenvalue weighted by Gasteiger charge is 2.05. The van der Waals surface area contributed by atoms with E-state index in [4.69, 9.17) is 18.9 Å². The van der Waals surface area contributed by atoms with Crippen LogP contribution in [0.1, 0.15) is 0 Å². The molecule has 2 aromatic rings. The lowest BCUT2D eigenvalue weighted by molar-refractivity contribution is -0.123. The highest BCUT2D eigenvalue weighted by Crippen LogP contribution is 2.25. The number of amides is 1.